The second kappa shape index (κ2) is 4.86. The molecule has 0 aliphatic carbocycles. The molecule has 0 saturated carbocycles. The maximum absolute atomic E-state index is 6.13. The Morgan fingerprint density at radius 3 is 2.84 bits per heavy atom. The number of para-hydroxylation sites is 1. The molecule has 0 spiro atoms. The van der Waals surface area contributed by atoms with Gasteiger partial charge in [0, 0.05) is 23.5 Å². The molecule has 0 N–H and O–H groups in total. The van der Waals surface area contributed by atoms with E-state index in [0.29, 0.717) is 5.88 Å². The standard InChI is InChI=1S/C16H17ClN2/c1-11-9-12(2)18-16(14(11)10-17)19-8-7-13-5-3-4-6-15(13)19/h3-6,9H,7-8,10H2,1-2H3. The van der Waals surface area contributed by atoms with E-state index in [1.165, 1.54) is 16.8 Å². The summed E-state index contributed by atoms with van der Waals surface area (Å²) in [6.07, 6.45) is 1.08. The number of alkyl halides is 1. The third-order valence-electron chi connectivity index (χ3n) is 3.73. The van der Waals surface area contributed by atoms with Crippen molar-refractivity contribution >= 4 is 23.1 Å². The molecule has 2 heterocycles. The summed E-state index contributed by atoms with van der Waals surface area (Å²) in [6, 6.07) is 10.6. The first kappa shape index (κ1) is 12.5. The molecule has 1 aromatic heterocycles. The van der Waals surface area contributed by atoms with E-state index in [9.17, 15) is 0 Å². The summed E-state index contributed by atoms with van der Waals surface area (Å²) >= 11 is 6.13. The molecule has 1 aliphatic heterocycles. The number of aryl methyl sites for hydroxylation is 2. The number of halogens is 1. The zero-order valence-electron chi connectivity index (χ0n) is 11.3. The minimum Gasteiger partial charge on any atom is -0.326 e. The van der Waals surface area contributed by atoms with Gasteiger partial charge < -0.3 is 4.90 Å². The van der Waals surface area contributed by atoms with Gasteiger partial charge in [-0.1, -0.05) is 18.2 Å². The van der Waals surface area contributed by atoms with Gasteiger partial charge in [0.2, 0.25) is 0 Å². The molecule has 2 nitrogen and oxygen atoms in total. The van der Waals surface area contributed by atoms with E-state index in [-0.39, 0.29) is 0 Å². The predicted octanol–water partition coefficient (Wildman–Crippen LogP) is 4.13. The number of aromatic nitrogens is 1. The molecule has 1 aromatic carbocycles. The molecule has 0 saturated heterocycles. The molecule has 0 radical (unpaired) electrons. The van der Waals surface area contributed by atoms with Crippen LogP contribution in [0.15, 0.2) is 30.3 Å². The van der Waals surface area contributed by atoms with Gasteiger partial charge in [0.05, 0.1) is 5.88 Å². The zero-order chi connectivity index (χ0) is 13.4. The first-order valence-electron chi connectivity index (χ1n) is 6.59. The van der Waals surface area contributed by atoms with Gasteiger partial charge in [0.25, 0.3) is 0 Å². The van der Waals surface area contributed by atoms with Crippen LogP contribution >= 0.6 is 11.6 Å². The summed E-state index contributed by atoms with van der Waals surface area (Å²) in [7, 11) is 0. The van der Waals surface area contributed by atoms with E-state index in [4.69, 9.17) is 16.6 Å². The maximum atomic E-state index is 6.13. The molecule has 0 unspecified atom stereocenters. The average Bonchev–Trinajstić information content (AvgIpc) is 2.81. The highest BCUT2D eigenvalue weighted by Gasteiger charge is 2.23. The molecule has 19 heavy (non-hydrogen) atoms. The van der Waals surface area contributed by atoms with E-state index in [1.54, 1.807) is 0 Å². The SMILES string of the molecule is Cc1cc(C)c(CCl)c(N2CCc3ccccc32)n1. The van der Waals surface area contributed by atoms with Crippen LogP contribution < -0.4 is 4.90 Å². The molecule has 1 aliphatic rings. The fraction of sp³-hybridized carbons (Fsp3) is 0.312. The number of fused-ring (bicyclic) bond motifs is 1. The predicted molar refractivity (Wildman–Crippen MR) is 80.4 cm³/mol. The van der Waals surface area contributed by atoms with Crippen LogP contribution in [0.3, 0.4) is 0 Å². The molecule has 0 atom stereocenters. The van der Waals surface area contributed by atoms with E-state index >= 15 is 0 Å². The summed E-state index contributed by atoms with van der Waals surface area (Å²) in [4.78, 5) is 7.03. The van der Waals surface area contributed by atoms with E-state index < -0.39 is 0 Å². The lowest BCUT2D eigenvalue weighted by atomic mass is 10.1. The van der Waals surface area contributed by atoms with Crippen LogP contribution in [-0.2, 0) is 12.3 Å². The second-order valence-corrected chi connectivity index (χ2v) is 5.31. The fourth-order valence-corrected chi connectivity index (χ4v) is 3.12. The maximum Gasteiger partial charge on any atom is 0.137 e. The van der Waals surface area contributed by atoms with Crippen LogP contribution in [0.1, 0.15) is 22.4 Å². The highest BCUT2D eigenvalue weighted by atomic mass is 35.5. The Kier molecular flexibility index (Phi) is 3.19. The average molecular weight is 273 g/mol. The monoisotopic (exact) mass is 272 g/mol. The van der Waals surface area contributed by atoms with Crippen LogP contribution in [-0.4, -0.2) is 11.5 Å². The summed E-state index contributed by atoms with van der Waals surface area (Å²) in [5.74, 6) is 1.53. The molecule has 0 fully saturated rings. The summed E-state index contributed by atoms with van der Waals surface area (Å²) in [5, 5.41) is 0. The van der Waals surface area contributed by atoms with Gasteiger partial charge in [-0.25, -0.2) is 4.98 Å². The molecule has 3 heteroatoms. The van der Waals surface area contributed by atoms with Crippen molar-refractivity contribution in [3.05, 3.63) is 52.7 Å². The number of rotatable bonds is 2. The third kappa shape index (κ3) is 2.10. The Hall–Kier alpha value is -1.54. The van der Waals surface area contributed by atoms with Crippen molar-refractivity contribution in [3.8, 4) is 0 Å². The third-order valence-corrected chi connectivity index (χ3v) is 4.00. The van der Waals surface area contributed by atoms with E-state index in [2.05, 4.69) is 42.2 Å². The smallest absolute Gasteiger partial charge is 0.137 e. The lowest BCUT2D eigenvalue weighted by Crippen LogP contribution is -2.17. The normalized spacial score (nSPS) is 13.7. The zero-order valence-corrected chi connectivity index (χ0v) is 12.0. The molecule has 3 rings (SSSR count). The van der Waals surface area contributed by atoms with Crippen LogP contribution in [0.25, 0.3) is 0 Å². The minimum atomic E-state index is 0.507. The summed E-state index contributed by atoms with van der Waals surface area (Å²) in [6.45, 7) is 5.13. The van der Waals surface area contributed by atoms with Crippen molar-refractivity contribution in [2.45, 2.75) is 26.1 Å². The lowest BCUT2D eigenvalue weighted by molar-refractivity contribution is 0.950. The molecule has 2 aromatic rings. The number of hydrogen-bond acceptors (Lipinski definition) is 2. The Morgan fingerprint density at radius 1 is 1.26 bits per heavy atom. The van der Waals surface area contributed by atoms with Crippen LogP contribution in [0.5, 0.6) is 0 Å². The number of hydrogen-bond donors (Lipinski definition) is 0. The van der Waals surface area contributed by atoms with Crippen molar-refractivity contribution in [3.63, 3.8) is 0 Å². The molecule has 0 bridgehead atoms. The molecular weight excluding hydrogens is 256 g/mol. The van der Waals surface area contributed by atoms with Crippen molar-refractivity contribution < 1.29 is 0 Å². The van der Waals surface area contributed by atoms with Crippen LogP contribution in [0.4, 0.5) is 11.5 Å². The Morgan fingerprint density at radius 2 is 2.05 bits per heavy atom. The number of anilines is 2. The quantitative estimate of drug-likeness (QED) is 0.764. The first-order valence-corrected chi connectivity index (χ1v) is 7.12. The first-order chi connectivity index (χ1) is 9.20. The van der Waals surface area contributed by atoms with Crippen molar-refractivity contribution in [1.29, 1.82) is 0 Å². The number of benzene rings is 1. The summed E-state index contributed by atoms with van der Waals surface area (Å²) < 4.78 is 0. The van der Waals surface area contributed by atoms with Crippen molar-refractivity contribution in [2.75, 3.05) is 11.4 Å². The van der Waals surface area contributed by atoms with Crippen molar-refractivity contribution in [2.24, 2.45) is 0 Å². The molecular formula is C16H17ClN2. The van der Waals surface area contributed by atoms with Gasteiger partial charge in [0.1, 0.15) is 5.82 Å². The Balaban J connectivity index is 2.14. The van der Waals surface area contributed by atoms with E-state index in [0.717, 1.165) is 30.0 Å². The minimum absolute atomic E-state index is 0.507. The van der Waals surface area contributed by atoms with Crippen LogP contribution in [0, 0.1) is 13.8 Å². The molecule has 98 valence electrons. The highest BCUT2D eigenvalue weighted by Crippen LogP contribution is 2.36. The Bertz CT molecular complexity index is 622. The highest BCUT2D eigenvalue weighted by molar-refractivity contribution is 6.17. The number of nitrogens with zero attached hydrogens (tertiary/aromatic N) is 2. The summed E-state index contributed by atoms with van der Waals surface area (Å²) in [5.41, 5.74) is 6.08. The van der Waals surface area contributed by atoms with Gasteiger partial charge >= 0.3 is 0 Å². The Labute approximate surface area is 119 Å². The largest absolute Gasteiger partial charge is 0.326 e. The van der Waals surface area contributed by atoms with Gasteiger partial charge in [0.15, 0.2) is 0 Å². The topological polar surface area (TPSA) is 16.1 Å². The van der Waals surface area contributed by atoms with Gasteiger partial charge in [-0.05, 0) is 43.5 Å². The van der Waals surface area contributed by atoms with Gasteiger partial charge in [-0.2, -0.15) is 0 Å². The fourth-order valence-electron chi connectivity index (χ4n) is 2.79. The lowest BCUT2D eigenvalue weighted by Gasteiger charge is -2.22. The molecule has 0 amide bonds. The van der Waals surface area contributed by atoms with Gasteiger partial charge in [-0.15, -0.1) is 11.6 Å². The van der Waals surface area contributed by atoms with Crippen molar-refractivity contribution in [1.82, 2.24) is 4.98 Å². The second-order valence-electron chi connectivity index (χ2n) is 5.05. The van der Waals surface area contributed by atoms with Crippen LogP contribution in [0.2, 0.25) is 0 Å². The van der Waals surface area contributed by atoms with E-state index in [1.807, 2.05) is 6.92 Å². The number of pyridine rings is 1. The van der Waals surface area contributed by atoms with Gasteiger partial charge in [-0.3, -0.25) is 0 Å².